The van der Waals surface area contributed by atoms with Crippen LogP contribution in [0.1, 0.15) is 81.3 Å². The second-order valence-electron chi connectivity index (χ2n) is 12.0. The molecule has 3 N–H and O–H groups in total. The summed E-state index contributed by atoms with van der Waals surface area (Å²) in [5.41, 5.74) is 1.37. The number of carbonyl (C=O) groups excluding carboxylic acids is 5. The highest BCUT2D eigenvalue weighted by atomic mass is 35.5. The van der Waals surface area contributed by atoms with Gasteiger partial charge in [0.2, 0.25) is 11.8 Å². The molecular formula is C32H39ClN4O7. The van der Waals surface area contributed by atoms with Crippen LogP contribution in [-0.2, 0) is 32.2 Å². The Hall–Kier alpha value is -3.96. The summed E-state index contributed by atoms with van der Waals surface area (Å²) in [5.74, 6) is -0.564. The predicted molar refractivity (Wildman–Crippen MR) is 164 cm³/mol. The molecule has 4 rings (SSSR count). The number of fused-ring (bicyclic) bond motifs is 1. The normalized spacial score (nSPS) is 17.9. The van der Waals surface area contributed by atoms with Gasteiger partial charge in [0, 0.05) is 54.7 Å². The van der Waals surface area contributed by atoms with Crippen molar-refractivity contribution in [2.45, 2.75) is 90.1 Å². The van der Waals surface area contributed by atoms with Gasteiger partial charge in [-0.05, 0) is 62.9 Å². The molecule has 1 fully saturated rings. The molecule has 2 aromatic rings. The summed E-state index contributed by atoms with van der Waals surface area (Å²) >= 11 is 6.32. The SMILES string of the molecule is CCC(C)(CC=O)OCCC(C)(C)Oc1cc(Cl)cc(NC(=O)NCc2ccc3c(c2)CN(C2CCC(=O)NC2=O)C3=O)c1. The first-order valence-corrected chi connectivity index (χ1v) is 15.1. The van der Waals surface area contributed by atoms with Crippen LogP contribution in [0.3, 0.4) is 0 Å². The van der Waals surface area contributed by atoms with E-state index in [1.54, 1.807) is 30.3 Å². The number of halogens is 1. The van der Waals surface area contributed by atoms with Gasteiger partial charge in [-0.1, -0.05) is 30.7 Å². The highest BCUT2D eigenvalue weighted by molar-refractivity contribution is 6.31. The van der Waals surface area contributed by atoms with Crippen LogP contribution in [0.4, 0.5) is 10.5 Å². The first-order valence-electron chi connectivity index (χ1n) is 14.7. The number of benzene rings is 2. The van der Waals surface area contributed by atoms with E-state index in [-0.39, 0.29) is 31.3 Å². The van der Waals surface area contributed by atoms with Crippen LogP contribution in [0.15, 0.2) is 36.4 Å². The van der Waals surface area contributed by atoms with E-state index in [1.807, 2.05) is 33.8 Å². The van der Waals surface area contributed by atoms with E-state index in [9.17, 15) is 24.0 Å². The highest BCUT2D eigenvalue weighted by Gasteiger charge is 2.39. The number of ether oxygens (including phenoxy) is 2. The smallest absolute Gasteiger partial charge is 0.319 e. The van der Waals surface area contributed by atoms with E-state index in [1.165, 1.54) is 4.90 Å². The quantitative estimate of drug-likeness (QED) is 0.215. The van der Waals surface area contributed by atoms with Crippen LogP contribution < -0.4 is 20.7 Å². The summed E-state index contributed by atoms with van der Waals surface area (Å²) in [6, 6.07) is 9.10. The van der Waals surface area contributed by atoms with Gasteiger partial charge in [-0.25, -0.2) is 4.79 Å². The summed E-state index contributed by atoms with van der Waals surface area (Å²) in [5, 5.41) is 8.27. The van der Waals surface area contributed by atoms with Gasteiger partial charge >= 0.3 is 6.03 Å². The molecule has 2 unspecified atom stereocenters. The summed E-state index contributed by atoms with van der Waals surface area (Å²) in [7, 11) is 0. The second kappa shape index (κ2) is 13.8. The number of anilines is 1. The zero-order valence-corrected chi connectivity index (χ0v) is 26.2. The Kier molecular flexibility index (Phi) is 10.3. The Morgan fingerprint density at radius 2 is 1.93 bits per heavy atom. The molecule has 12 heteroatoms. The Morgan fingerprint density at radius 1 is 1.16 bits per heavy atom. The first-order chi connectivity index (χ1) is 20.8. The Balaban J connectivity index is 1.30. The number of urea groups is 1. The van der Waals surface area contributed by atoms with Crippen LogP contribution in [0.5, 0.6) is 5.75 Å². The highest BCUT2D eigenvalue weighted by Crippen LogP contribution is 2.30. The third-order valence-electron chi connectivity index (χ3n) is 7.98. The van der Waals surface area contributed by atoms with Gasteiger partial charge in [-0.15, -0.1) is 0 Å². The molecule has 0 aliphatic carbocycles. The Bertz CT molecular complexity index is 1450. The number of amides is 5. The summed E-state index contributed by atoms with van der Waals surface area (Å²) in [6.45, 7) is 8.61. The van der Waals surface area contributed by atoms with Gasteiger partial charge in [0.1, 0.15) is 23.7 Å². The van der Waals surface area contributed by atoms with Gasteiger partial charge in [0.25, 0.3) is 5.91 Å². The number of nitrogens with one attached hydrogen (secondary N) is 3. The molecule has 2 aromatic carbocycles. The van der Waals surface area contributed by atoms with Crippen molar-refractivity contribution in [3.05, 3.63) is 58.1 Å². The summed E-state index contributed by atoms with van der Waals surface area (Å²) in [6.07, 6.45) is 2.96. The maximum Gasteiger partial charge on any atom is 0.319 e. The molecule has 236 valence electrons. The molecule has 0 saturated carbocycles. The van der Waals surface area contributed by atoms with Gasteiger partial charge in [0.15, 0.2) is 0 Å². The van der Waals surface area contributed by atoms with E-state index in [2.05, 4.69) is 16.0 Å². The molecule has 2 aliphatic heterocycles. The molecule has 2 heterocycles. The lowest BCUT2D eigenvalue weighted by atomic mass is 9.99. The van der Waals surface area contributed by atoms with Crippen molar-refractivity contribution >= 4 is 47.3 Å². The number of carbonyl (C=O) groups is 5. The van der Waals surface area contributed by atoms with Crippen molar-refractivity contribution in [2.24, 2.45) is 0 Å². The van der Waals surface area contributed by atoms with E-state index in [4.69, 9.17) is 21.1 Å². The Labute approximate surface area is 262 Å². The zero-order valence-electron chi connectivity index (χ0n) is 25.5. The first kappa shape index (κ1) is 32.9. The molecule has 44 heavy (non-hydrogen) atoms. The lowest BCUT2D eigenvalue weighted by Gasteiger charge is -2.31. The molecule has 11 nitrogen and oxygen atoms in total. The van der Waals surface area contributed by atoms with Crippen molar-refractivity contribution in [3.8, 4) is 5.75 Å². The fourth-order valence-electron chi connectivity index (χ4n) is 5.18. The minimum absolute atomic E-state index is 0.190. The molecule has 0 aromatic heterocycles. The number of hydrogen-bond donors (Lipinski definition) is 3. The van der Waals surface area contributed by atoms with Crippen LogP contribution in [-0.4, -0.2) is 58.8 Å². The maximum atomic E-state index is 12.9. The molecule has 1 saturated heterocycles. The number of rotatable bonds is 13. The average molecular weight is 627 g/mol. The largest absolute Gasteiger partial charge is 0.488 e. The topological polar surface area (TPSA) is 143 Å². The number of nitrogens with zero attached hydrogens (tertiary/aromatic N) is 1. The Morgan fingerprint density at radius 3 is 2.64 bits per heavy atom. The molecular weight excluding hydrogens is 588 g/mol. The number of aldehydes is 1. The second-order valence-corrected chi connectivity index (χ2v) is 12.4. The standard InChI is InChI=1S/C32H39ClN4O7/c1-5-32(4,10-12-38)43-13-11-31(2,3)44-24-16-22(33)15-23(17-24)35-30(42)34-18-20-6-7-25-21(14-20)19-37(29(25)41)26-8-9-27(39)36-28(26)40/h6-7,12,14-17,26H,5,8-11,13,18-19H2,1-4H3,(H2,34,35,42)(H,36,39,40). The number of piperidine rings is 1. The minimum atomic E-state index is -0.685. The number of imide groups is 1. The van der Waals surface area contributed by atoms with E-state index < -0.39 is 29.2 Å². The molecule has 2 atom stereocenters. The van der Waals surface area contributed by atoms with Crippen molar-refractivity contribution in [1.29, 1.82) is 0 Å². The molecule has 0 spiro atoms. The third-order valence-corrected chi connectivity index (χ3v) is 8.20. The molecule has 5 amide bonds. The monoisotopic (exact) mass is 626 g/mol. The van der Waals surface area contributed by atoms with Crippen molar-refractivity contribution < 1.29 is 33.4 Å². The predicted octanol–water partition coefficient (Wildman–Crippen LogP) is 4.74. The summed E-state index contributed by atoms with van der Waals surface area (Å²) < 4.78 is 12.2. The lowest BCUT2D eigenvalue weighted by Crippen LogP contribution is -2.52. The van der Waals surface area contributed by atoms with Gasteiger partial charge in [0.05, 0.1) is 12.2 Å². The maximum absolute atomic E-state index is 12.9. The lowest BCUT2D eigenvalue weighted by molar-refractivity contribution is -0.137. The van der Waals surface area contributed by atoms with Gasteiger partial charge < -0.3 is 29.8 Å². The fraction of sp³-hybridized carbons (Fsp3) is 0.469. The molecule has 2 aliphatic rings. The molecule has 0 radical (unpaired) electrons. The van der Waals surface area contributed by atoms with E-state index in [0.717, 1.165) is 17.4 Å². The van der Waals surface area contributed by atoms with Gasteiger partial charge in [-0.3, -0.25) is 19.7 Å². The third kappa shape index (κ3) is 8.35. The van der Waals surface area contributed by atoms with Gasteiger partial charge in [-0.2, -0.15) is 0 Å². The van der Waals surface area contributed by atoms with Crippen LogP contribution in [0, 0.1) is 0 Å². The van der Waals surface area contributed by atoms with E-state index >= 15 is 0 Å². The van der Waals surface area contributed by atoms with E-state index in [0.29, 0.717) is 54.3 Å². The van der Waals surface area contributed by atoms with Crippen molar-refractivity contribution in [1.82, 2.24) is 15.5 Å². The summed E-state index contributed by atoms with van der Waals surface area (Å²) in [4.78, 5) is 61.9. The van der Waals surface area contributed by atoms with Crippen molar-refractivity contribution in [3.63, 3.8) is 0 Å². The van der Waals surface area contributed by atoms with Crippen LogP contribution in [0.2, 0.25) is 5.02 Å². The van der Waals surface area contributed by atoms with Crippen LogP contribution >= 0.6 is 11.6 Å². The molecule has 0 bridgehead atoms. The zero-order chi connectivity index (χ0) is 32.1. The average Bonchev–Trinajstić information content (AvgIpc) is 3.26. The van der Waals surface area contributed by atoms with Crippen molar-refractivity contribution in [2.75, 3.05) is 11.9 Å². The fourth-order valence-corrected chi connectivity index (χ4v) is 5.41. The van der Waals surface area contributed by atoms with Crippen LogP contribution in [0.25, 0.3) is 0 Å². The minimum Gasteiger partial charge on any atom is -0.488 e. The number of hydrogen-bond acceptors (Lipinski definition) is 7.